The van der Waals surface area contributed by atoms with Crippen LogP contribution < -0.4 is 0 Å². The Hall–Kier alpha value is -1.06. The quantitative estimate of drug-likeness (QED) is 0.505. The van der Waals surface area contributed by atoms with Gasteiger partial charge in [0.15, 0.2) is 0 Å². The molecule has 1 atom stereocenters. The number of carbonyl (C=O) groups is 1. The molecular weight excluding hydrogens is 142 g/mol. The van der Waals surface area contributed by atoms with Gasteiger partial charge in [0.1, 0.15) is 12.5 Å². The highest BCUT2D eigenvalue weighted by atomic mass is 16.1. The van der Waals surface area contributed by atoms with E-state index in [9.17, 15) is 4.79 Å². The van der Waals surface area contributed by atoms with Gasteiger partial charge in [-0.15, -0.1) is 0 Å². The molecule has 2 rings (SSSR count). The molecule has 0 bridgehead atoms. The first-order valence-corrected chi connectivity index (χ1v) is 3.95. The maximum Gasteiger partial charge on any atom is 0.231 e. The largest absolute Gasteiger partial charge is 0.339 e. The normalized spacial score (nSPS) is 28.9. The molecular formula is C7H11N3O. The molecule has 1 fully saturated rings. The van der Waals surface area contributed by atoms with Gasteiger partial charge in [-0.3, -0.25) is 4.79 Å². The number of hydrogen-bond donors (Lipinski definition) is 0. The molecule has 1 amide bonds. The molecule has 1 unspecified atom stereocenters. The van der Waals surface area contributed by atoms with Gasteiger partial charge < -0.3 is 4.90 Å². The summed E-state index contributed by atoms with van der Waals surface area (Å²) in [5.74, 6) is 0. The molecule has 0 aromatic rings. The van der Waals surface area contributed by atoms with Crippen molar-refractivity contribution in [2.75, 3.05) is 6.54 Å². The van der Waals surface area contributed by atoms with Crippen LogP contribution in [0.4, 0.5) is 0 Å². The number of carbonyl (C=O) groups excluding carboxylic acids is 1. The molecule has 4 heteroatoms. The Balaban J connectivity index is 2.09. The minimum Gasteiger partial charge on any atom is -0.339 e. The third-order valence-corrected chi connectivity index (χ3v) is 2.26. The molecule has 2 aliphatic rings. The Morgan fingerprint density at radius 3 is 3.27 bits per heavy atom. The van der Waals surface area contributed by atoms with Crippen molar-refractivity contribution in [2.45, 2.75) is 25.4 Å². The minimum atomic E-state index is 0.223. The van der Waals surface area contributed by atoms with Crippen molar-refractivity contribution < 1.29 is 4.79 Å². The lowest BCUT2D eigenvalue weighted by Gasteiger charge is -2.31. The Bertz CT molecular complexity index is 192. The van der Waals surface area contributed by atoms with Gasteiger partial charge in [-0.2, -0.15) is 5.10 Å². The van der Waals surface area contributed by atoms with Gasteiger partial charge in [-0.25, -0.2) is 5.01 Å². The molecule has 0 aromatic carbocycles. The summed E-state index contributed by atoms with van der Waals surface area (Å²) >= 11 is 0. The van der Waals surface area contributed by atoms with Crippen LogP contribution in [0.2, 0.25) is 0 Å². The van der Waals surface area contributed by atoms with Crippen LogP contribution in [-0.4, -0.2) is 35.4 Å². The van der Waals surface area contributed by atoms with E-state index in [2.05, 4.69) is 10.0 Å². The van der Waals surface area contributed by atoms with E-state index in [1.54, 1.807) is 6.34 Å². The first-order chi connectivity index (χ1) is 5.42. The fourth-order valence-electron chi connectivity index (χ4n) is 1.66. The monoisotopic (exact) mass is 153 g/mol. The van der Waals surface area contributed by atoms with Crippen molar-refractivity contribution in [1.82, 2.24) is 9.91 Å². The second-order valence-electron chi connectivity index (χ2n) is 2.93. The van der Waals surface area contributed by atoms with Crippen molar-refractivity contribution in [2.24, 2.45) is 5.10 Å². The average molecular weight is 153 g/mol. The molecule has 0 saturated carbocycles. The third kappa shape index (κ3) is 0.982. The van der Waals surface area contributed by atoms with E-state index in [0.717, 1.165) is 19.4 Å². The van der Waals surface area contributed by atoms with Gasteiger partial charge in [0.2, 0.25) is 6.41 Å². The lowest BCUT2D eigenvalue weighted by Crippen LogP contribution is -2.42. The van der Waals surface area contributed by atoms with E-state index in [4.69, 9.17) is 0 Å². The van der Waals surface area contributed by atoms with Crippen LogP contribution >= 0.6 is 0 Å². The predicted octanol–water partition coefficient (Wildman–Crippen LogP) is 0.214. The molecule has 0 radical (unpaired) electrons. The van der Waals surface area contributed by atoms with Crippen molar-refractivity contribution >= 4 is 12.7 Å². The van der Waals surface area contributed by atoms with E-state index in [-0.39, 0.29) is 6.17 Å². The standard InChI is InChI=1S/C7H11N3O/c11-6-10-7-3-1-2-4-9(7)5-8-10/h5-7H,1-4H2. The van der Waals surface area contributed by atoms with Gasteiger partial charge in [0.25, 0.3) is 0 Å². The van der Waals surface area contributed by atoms with Crippen LogP contribution in [0.5, 0.6) is 0 Å². The zero-order valence-corrected chi connectivity index (χ0v) is 6.31. The van der Waals surface area contributed by atoms with Gasteiger partial charge in [-0.05, 0) is 19.3 Å². The third-order valence-electron chi connectivity index (χ3n) is 2.26. The topological polar surface area (TPSA) is 35.9 Å². The second-order valence-corrected chi connectivity index (χ2v) is 2.93. The number of hydrogen-bond acceptors (Lipinski definition) is 3. The van der Waals surface area contributed by atoms with Crippen LogP contribution in [0.1, 0.15) is 19.3 Å². The molecule has 60 valence electrons. The van der Waals surface area contributed by atoms with E-state index in [0.29, 0.717) is 0 Å². The zero-order valence-electron chi connectivity index (χ0n) is 6.31. The second kappa shape index (κ2) is 2.53. The van der Waals surface area contributed by atoms with Crippen LogP contribution in [-0.2, 0) is 4.79 Å². The highest BCUT2D eigenvalue weighted by molar-refractivity contribution is 5.62. The van der Waals surface area contributed by atoms with Crippen molar-refractivity contribution in [1.29, 1.82) is 0 Å². The fraction of sp³-hybridized carbons (Fsp3) is 0.714. The van der Waals surface area contributed by atoms with Crippen molar-refractivity contribution in [3.8, 4) is 0 Å². The Labute approximate surface area is 65.5 Å². The van der Waals surface area contributed by atoms with E-state index in [1.165, 1.54) is 17.9 Å². The van der Waals surface area contributed by atoms with E-state index in [1.807, 2.05) is 0 Å². The van der Waals surface area contributed by atoms with Crippen LogP contribution in [0, 0.1) is 0 Å². The summed E-state index contributed by atoms with van der Waals surface area (Å²) in [6.45, 7) is 1.04. The molecule has 2 heterocycles. The lowest BCUT2D eigenvalue weighted by atomic mass is 10.1. The average Bonchev–Trinajstić information content (AvgIpc) is 2.47. The highest BCUT2D eigenvalue weighted by Crippen LogP contribution is 2.21. The maximum atomic E-state index is 10.4. The summed E-state index contributed by atoms with van der Waals surface area (Å²) in [5, 5.41) is 5.46. The number of fused-ring (bicyclic) bond motifs is 1. The molecule has 4 nitrogen and oxygen atoms in total. The number of rotatable bonds is 1. The molecule has 1 saturated heterocycles. The number of nitrogens with zero attached hydrogens (tertiary/aromatic N) is 3. The summed E-state index contributed by atoms with van der Waals surface area (Å²) in [5.41, 5.74) is 0. The Morgan fingerprint density at radius 2 is 2.45 bits per heavy atom. The number of hydrazone groups is 1. The SMILES string of the molecule is O=CN1N=CN2CCCCC21. The molecule has 0 spiro atoms. The van der Waals surface area contributed by atoms with Gasteiger partial charge in [-0.1, -0.05) is 0 Å². The number of piperidine rings is 1. The number of amides is 1. The summed E-state index contributed by atoms with van der Waals surface area (Å²) < 4.78 is 0. The van der Waals surface area contributed by atoms with E-state index < -0.39 is 0 Å². The summed E-state index contributed by atoms with van der Waals surface area (Å²) in [7, 11) is 0. The molecule has 0 aliphatic carbocycles. The molecule has 0 N–H and O–H groups in total. The Kier molecular flexibility index (Phi) is 1.52. The fourth-order valence-corrected chi connectivity index (χ4v) is 1.66. The lowest BCUT2D eigenvalue weighted by molar-refractivity contribution is -0.122. The first-order valence-electron chi connectivity index (χ1n) is 3.95. The van der Waals surface area contributed by atoms with Crippen LogP contribution in [0.15, 0.2) is 5.10 Å². The zero-order chi connectivity index (χ0) is 7.68. The van der Waals surface area contributed by atoms with Crippen LogP contribution in [0.3, 0.4) is 0 Å². The minimum absolute atomic E-state index is 0.223. The van der Waals surface area contributed by atoms with E-state index >= 15 is 0 Å². The van der Waals surface area contributed by atoms with Crippen LogP contribution in [0.25, 0.3) is 0 Å². The summed E-state index contributed by atoms with van der Waals surface area (Å²) in [6, 6.07) is 0. The van der Waals surface area contributed by atoms with Gasteiger partial charge in [0.05, 0.1) is 0 Å². The van der Waals surface area contributed by atoms with Gasteiger partial charge in [0, 0.05) is 6.54 Å². The Morgan fingerprint density at radius 1 is 1.55 bits per heavy atom. The summed E-state index contributed by atoms with van der Waals surface area (Å²) in [4.78, 5) is 12.6. The first kappa shape index (κ1) is 6.64. The van der Waals surface area contributed by atoms with Gasteiger partial charge >= 0.3 is 0 Å². The highest BCUT2D eigenvalue weighted by Gasteiger charge is 2.29. The molecule has 0 aromatic heterocycles. The summed E-state index contributed by atoms with van der Waals surface area (Å²) in [6.07, 6.45) is 6.26. The smallest absolute Gasteiger partial charge is 0.231 e. The maximum absolute atomic E-state index is 10.4. The van der Waals surface area contributed by atoms with Crippen molar-refractivity contribution in [3.63, 3.8) is 0 Å². The predicted molar refractivity (Wildman–Crippen MR) is 40.7 cm³/mol. The molecule has 11 heavy (non-hydrogen) atoms. The molecule has 2 aliphatic heterocycles. The van der Waals surface area contributed by atoms with Crippen molar-refractivity contribution in [3.05, 3.63) is 0 Å².